The van der Waals surface area contributed by atoms with Crippen LogP contribution in [0, 0.1) is 12.2 Å². The smallest absolute Gasteiger partial charge is 0.478 e. The summed E-state index contributed by atoms with van der Waals surface area (Å²) in [7, 11) is 0. The Hall–Kier alpha value is -3.99. The molecule has 0 heterocycles. The average Bonchev–Trinajstić information content (AvgIpc) is 3.68. The molecule has 0 bridgehead atoms. The van der Waals surface area contributed by atoms with Gasteiger partial charge in [0.1, 0.15) is 0 Å². The van der Waals surface area contributed by atoms with Crippen molar-refractivity contribution in [2.45, 2.75) is 12.8 Å². The Kier molecular flexibility index (Phi) is 12.6. The minimum atomic E-state index is -0.878. The number of allylic oxidation sites excluding steroid dienone is 8. The van der Waals surface area contributed by atoms with E-state index in [1.165, 1.54) is 0 Å². The van der Waals surface area contributed by atoms with Crippen molar-refractivity contribution in [2.24, 2.45) is 0 Å². The monoisotopic (exact) mass is 522 g/mol. The van der Waals surface area contributed by atoms with Crippen LogP contribution in [0.3, 0.4) is 0 Å². The van der Waals surface area contributed by atoms with Crippen LogP contribution in [0.2, 0.25) is 0 Å². The first kappa shape index (κ1) is 29.2. The Bertz CT molecular complexity index is 1310. The van der Waals surface area contributed by atoms with Crippen LogP contribution in [-0.4, -0.2) is 22.2 Å². The third-order valence-corrected chi connectivity index (χ3v) is 5.21. The number of aromatic carboxylic acids is 2. The second-order valence-electron chi connectivity index (χ2n) is 7.67. The van der Waals surface area contributed by atoms with Crippen LogP contribution in [0.5, 0.6) is 0 Å². The quantitative estimate of drug-likeness (QED) is 0.209. The van der Waals surface area contributed by atoms with E-state index in [-0.39, 0.29) is 21.7 Å². The number of hydrogen-bond acceptors (Lipinski definition) is 2. The first-order valence-corrected chi connectivity index (χ1v) is 11.4. The molecule has 2 aliphatic rings. The summed E-state index contributed by atoms with van der Waals surface area (Å²) in [6, 6.07) is 25.5. The Balaban J connectivity index is 0.000000187. The van der Waals surface area contributed by atoms with E-state index >= 15 is 0 Å². The van der Waals surface area contributed by atoms with Gasteiger partial charge in [-0.15, -0.1) is 12.8 Å². The normalized spacial score (nSPS) is 11.9. The molecule has 4 nitrogen and oxygen atoms in total. The second-order valence-corrected chi connectivity index (χ2v) is 7.67. The molecule has 0 atom stereocenters. The van der Waals surface area contributed by atoms with Crippen molar-refractivity contribution in [1.82, 2.24) is 0 Å². The summed E-state index contributed by atoms with van der Waals surface area (Å²) in [6.45, 7) is 0. The van der Waals surface area contributed by atoms with E-state index < -0.39 is 11.9 Å². The van der Waals surface area contributed by atoms with Crippen molar-refractivity contribution >= 4 is 33.5 Å². The van der Waals surface area contributed by atoms with E-state index in [1.807, 2.05) is 85.0 Å². The molecular formula is C32H26O4Ti. The van der Waals surface area contributed by atoms with E-state index in [9.17, 15) is 9.59 Å². The van der Waals surface area contributed by atoms with E-state index in [1.54, 1.807) is 24.3 Å². The molecule has 4 aromatic rings. The Morgan fingerprint density at radius 1 is 0.568 bits per heavy atom. The Morgan fingerprint density at radius 2 is 0.946 bits per heavy atom. The van der Waals surface area contributed by atoms with Gasteiger partial charge in [0.2, 0.25) is 0 Å². The van der Waals surface area contributed by atoms with Crippen molar-refractivity contribution in [2.75, 3.05) is 0 Å². The number of fused-ring (bicyclic) bond motifs is 2. The largest absolute Gasteiger partial charge is 2.00 e. The average molecular weight is 522 g/mol. The zero-order chi connectivity index (χ0) is 25.6. The fraction of sp³-hybridized carbons (Fsp3) is 0.0625. The summed E-state index contributed by atoms with van der Waals surface area (Å²) in [5, 5.41) is 21.3. The molecule has 6 rings (SSSR count). The summed E-state index contributed by atoms with van der Waals surface area (Å²) in [6.07, 6.45) is 20.0. The molecule has 0 unspecified atom stereocenters. The van der Waals surface area contributed by atoms with E-state index in [2.05, 4.69) is 24.3 Å². The summed E-state index contributed by atoms with van der Waals surface area (Å²) >= 11 is 0. The topological polar surface area (TPSA) is 74.6 Å². The van der Waals surface area contributed by atoms with Gasteiger partial charge in [0.25, 0.3) is 0 Å². The van der Waals surface area contributed by atoms with Crippen LogP contribution in [0.15, 0.2) is 121 Å². The van der Waals surface area contributed by atoms with Gasteiger partial charge in [0.05, 0.1) is 11.1 Å². The van der Waals surface area contributed by atoms with Crippen LogP contribution in [0.4, 0.5) is 0 Å². The van der Waals surface area contributed by atoms with Crippen molar-refractivity contribution < 1.29 is 41.5 Å². The standard InChI is InChI=1S/2C11H8O2.2C5H5.Ti/c2*12-11(13)10-7-3-5-8-4-1-2-6-9(8)10;2*1-2-4-5-3-1;/h2*1-7H,(H,12,13);2*1-3H,4H2;/q;;2*-1;+2. The van der Waals surface area contributed by atoms with Gasteiger partial charge in [-0.25, -0.2) is 33.9 Å². The number of benzene rings is 4. The molecule has 0 spiro atoms. The Morgan fingerprint density at radius 3 is 1.24 bits per heavy atom. The molecule has 4 aromatic carbocycles. The van der Waals surface area contributed by atoms with Gasteiger partial charge in [0, 0.05) is 0 Å². The predicted octanol–water partition coefficient (Wildman–Crippen LogP) is 7.68. The van der Waals surface area contributed by atoms with E-state index in [4.69, 9.17) is 10.2 Å². The van der Waals surface area contributed by atoms with Crippen LogP contribution >= 0.6 is 0 Å². The molecule has 182 valence electrons. The fourth-order valence-corrected chi connectivity index (χ4v) is 3.50. The molecule has 5 heteroatoms. The number of hydrogen-bond donors (Lipinski definition) is 2. The fourth-order valence-electron chi connectivity index (χ4n) is 3.50. The molecule has 2 N–H and O–H groups in total. The molecule has 0 amide bonds. The minimum Gasteiger partial charge on any atom is -0.478 e. The molecule has 0 saturated heterocycles. The predicted molar refractivity (Wildman–Crippen MR) is 145 cm³/mol. The van der Waals surface area contributed by atoms with Gasteiger partial charge in [-0.3, -0.25) is 12.2 Å². The van der Waals surface area contributed by atoms with Gasteiger partial charge >= 0.3 is 33.7 Å². The number of carbonyl (C=O) groups is 2. The number of carboxylic acid groups (broad SMARTS) is 2. The molecule has 0 fully saturated rings. The zero-order valence-electron chi connectivity index (χ0n) is 20.2. The maximum Gasteiger partial charge on any atom is 2.00 e. The molecule has 0 saturated carbocycles. The molecule has 0 aliphatic heterocycles. The third kappa shape index (κ3) is 9.19. The van der Waals surface area contributed by atoms with Crippen molar-refractivity contribution in [3.05, 3.63) is 145 Å². The minimum absolute atomic E-state index is 0. The maximum absolute atomic E-state index is 10.8. The van der Waals surface area contributed by atoms with Gasteiger partial charge in [-0.1, -0.05) is 72.8 Å². The molecule has 2 aliphatic carbocycles. The zero-order valence-corrected chi connectivity index (χ0v) is 21.7. The van der Waals surface area contributed by atoms with Crippen LogP contribution in [0.1, 0.15) is 33.6 Å². The van der Waals surface area contributed by atoms with Crippen molar-refractivity contribution in [3.8, 4) is 0 Å². The van der Waals surface area contributed by atoms with E-state index in [0.29, 0.717) is 11.1 Å². The first-order valence-electron chi connectivity index (χ1n) is 11.4. The van der Waals surface area contributed by atoms with Crippen LogP contribution < -0.4 is 0 Å². The molecule has 37 heavy (non-hydrogen) atoms. The first-order chi connectivity index (χ1) is 17.6. The van der Waals surface area contributed by atoms with Gasteiger partial charge in [-0.05, 0) is 33.7 Å². The SMILES string of the molecule is O=C(O)c1cccc2ccccc12.O=C(O)c1cccc2ccccc12.[C-]1=CC=CC1.[C-]1=CC=CC1.[Ti+2]. The molecule has 0 radical (unpaired) electrons. The van der Waals surface area contributed by atoms with E-state index in [0.717, 1.165) is 34.4 Å². The Labute approximate surface area is 231 Å². The number of carboxylic acids is 2. The summed E-state index contributed by atoms with van der Waals surface area (Å²) in [4.78, 5) is 21.6. The maximum atomic E-state index is 10.8. The third-order valence-electron chi connectivity index (χ3n) is 5.21. The van der Waals surface area contributed by atoms with Crippen molar-refractivity contribution in [1.29, 1.82) is 0 Å². The van der Waals surface area contributed by atoms with Gasteiger partial charge in [0.15, 0.2) is 0 Å². The summed E-state index contributed by atoms with van der Waals surface area (Å²) < 4.78 is 0. The van der Waals surface area contributed by atoms with Crippen molar-refractivity contribution in [3.63, 3.8) is 0 Å². The van der Waals surface area contributed by atoms with Gasteiger partial charge in [-0.2, -0.15) is 12.2 Å². The summed E-state index contributed by atoms with van der Waals surface area (Å²) in [5.41, 5.74) is 0.719. The van der Waals surface area contributed by atoms with Gasteiger partial charge < -0.3 is 10.2 Å². The number of rotatable bonds is 2. The second kappa shape index (κ2) is 15.9. The molecular weight excluding hydrogens is 496 g/mol. The summed E-state index contributed by atoms with van der Waals surface area (Å²) in [5.74, 6) is -1.76. The molecule has 0 aromatic heterocycles. The van der Waals surface area contributed by atoms with Crippen LogP contribution in [0.25, 0.3) is 21.5 Å². The van der Waals surface area contributed by atoms with Crippen LogP contribution in [-0.2, 0) is 21.7 Å².